The molecule has 2 heterocycles. The third-order valence-corrected chi connectivity index (χ3v) is 6.71. The van der Waals surface area contributed by atoms with E-state index in [1.54, 1.807) is 0 Å². The van der Waals surface area contributed by atoms with Gasteiger partial charge in [-0.1, -0.05) is 91.0 Å². The Bertz CT molecular complexity index is 1070. The Balaban J connectivity index is 1.36. The van der Waals surface area contributed by atoms with Gasteiger partial charge in [0, 0.05) is 0 Å². The van der Waals surface area contributed by atoms with E-state index in [9.17, 15) is 0 Å². The molecule has 0 spiro atoms. The maximum Gasteiger partial charge on any atom is 0.163 e. The van der Waals surface area contributed by atoms with E-state index in [4.69, 9.17) is 28.4 Å². The minimum Gasteiger partial charge on any atom is -0.374 e. The summed E-state index contributed by atoms with van der Waals surface area (Å²) in [7, 11) is 0. The van der Waals surface area contributed by atoms with Crippen molar-refractivity contribution in [3.8, 4) is 0 Å². The van der Waals surface area contributed by atoms with Gasteiger partial charge in [-0.15, -0.1) is 0 Å². The van der Waals surface area contributed by atoms with Gasteiger partial charge in [0.2, 0.25) is 0 Å². The lowest BCUT2D eigenvalue weighted by Gasteiger charge is -2.51. The van der Waals surface area contributed by atoms with Crippen LogP contribution in [-0.2, 0) is 48.2 Å². The minimum absolute atomic E-state index is 0.282. The Morgan fingerprint density at radius 1 is 0.703 bits per heavy atom. The third kappa shape index (κ3) is 7.05. The van der Waals surface area contributed by atoms with Gasteiger partial charge in [-0.2, -0.15) is 0 Å². The highest BCUT2D eigenvalue weighted by Gasteiger charge is 2.52. The first-order valence-electron chi connectivity index (χ1n) is 13.0. The molecule has 196 valence electrons. The SMILES string of the molecule is CC1(C)OC[C@@H]2O[C@H](COCc3ccccc3)[C@@H](OCc3ccccc3)[C@H](OCc3ccccc3)[C@H]2O1. The van der Waals surface area contributed by atoms with Crippen LogP contribution >= 0.6 is 0 Å². The predicted molar refractivity (Wildman–Crippen MR) is 140 cm³/mol. The quantitative estimate of drug-likeness (QED) is 0.374. The van der Waals surface area contributed by atoms with E-state index in [1.807, 2.05) is 68.4 Å². The molecular weight excluding hydrogens is 468 g/mol. The van der Waals surface area contributed by atoms with Gasteiger partial charge < -0.3 is 28.4 Å². The van der Waals surface area contributed by atoms with Crippen molar-refractivity contribution in [3.05, 3.63) is 108 Å². The second kappa shape index (κ2) is 12.3. The number of fused-ring (bicyclic) bond motifs is 1. The lowest BCUT2D eigenvalue weighted by Crippen LogP contribution is -2.66. The maximum atomic E-state index is 6.59. The lowest BCUT2D eigenvalue weighted by molar-refractivity contribution is -0.368. The largest absolute Gasteiger partial charge is 0.374 e. The maximum absolute atomic E-state index is 6.59. The highest BCUT2D eigenvalue weighted by molar-refractivity contribution is 5.15. The third-order valence-electron chi connectivity index (χ3n) is 6.71. The van der Waals surface area contributed by atoms with Crippen LogP contribution in [0, 0.1) is 0 Å². The van der Waals surface area contributed by atoms with Crippen molar-refractivity contribution in [1.82, 2.24) is 0 Å². The first-order chi connectivity index (χ1) is 18.1. The summed E-state index contributed by atoms with van der Waals surface area (Å²) in [6.07, 6.45) is -1.72. The van der Waals surface area contributed by atoms with Crippen LogP contribution in [0.3, 0.4) is 0 Å². The zero-order chi connectivity index (χ0) is 25.5. The Hall–Kier alpha value is -2.58. The molecule has 5 rings (SSSR count). The predicted octanol–water partition coefficient (Wildman–Crippen LogP) is 5.29. The molecule has 6 heteroatoms. The molecule has 0 amide bonds. The monoisotopic (exact) mass is 504 g/mol. The highest BCUT2D eigenvalue weighted by Crippen LogP contribution is 2.36. The molecule has 3 aromatic carbocycles. The molecule has 0 unspecified atom stereocenters. The van der Waals surface area contributed by atoms with Crippen LogP contribution in [0.4, 0.5) is 0 Å². The Morgan fingerprint density at radius 3 is 1.78 bits per heavy atom. The molecule has 2 aliphatic heterocycles. The number of benzene rings is 3. The summed E-state index contributed by atoms with van der Waals surface area (Å²) < 4.78 is 38.1. The lowest BCUT2D eigenvalue weighted by atomic mass is 9.93. The number of rotatable bonds is 10. The van der Waals surface area contributed by atoms with Crippen molar-refractivity contribution >= 4 is 0 Å². The van der Waals surface area contributed by atoms with Gasteiger partial charge >= 0.3 is 0 Å². The van der Waals surface area contributed by atoms with Crippen molar-refractivity contribution < 1.29 is 28.4 Å². The molecule has 0 bridgehead atoms. The molecule has 0 N–H and O–H groups in total. The summed E-state index contributed by atoms with van der Waals surface area (Å²) in [5, 5.41) is 0. The van der Waals surface area contributed by atoms with Gasteiger partial charge in [0.1, 0.15) is 30.5 Å². The van der Waals surface area contributed by atoms with Crippen LogP contribution < -0.4 is 0 Å². The molecule has 5 atom stereocenters. The van der Waals surface area contributed by atoms with E-state index in [0.717, 1.165) is 16.7 Å². The standard InChI is InChI=1S/C31H36O6/c1-31(2)35-22-27-29(37-31)30(34-20-25-16-10-5-11-17-25)28(33-19-24-14-8-4-9-15-24)26(36-27)21-32-18-23-12-6-3-7-13-23/h3-17,26-30H,18-22H2,1-2H3/t26-,27+,28-,29+,30+/m1/s1. The van der Waals surface area contributed by atoms with Crippen LogP contribution in [0.5, 0.6) is 0 Å². The molecule has 0 saturated carbocycles. The summed E-state index contributed by atoms with van der Waals surface area (Å²) in [4.78, 5) is 0. The average Bonchev–Trinajstić information content (AvgIpc) is 2.92. The van der Waals surface area contributed by atoms with Crippen LogP contribution in [0.1, 0.15) is 30.5 Å². The topological polar surface area (TPSA) is 55.4 Å². The van der Waals surface area contributed by atoms with E-state index in [-0.39, 0.29) is 24.4 Å². The summed E-state index contributed by atoms with van der Waals surface area (Å²) in [5.41, 5.74) is 3.29. The van der Waals surface area contributed by atoms with Gasteiger partial charge in [-0.3, -0.25) is 0 Å². The van der Waals surface area contributed by atoms with Crippen LogP contribution in [0.2, 0.25) is 0 Å². The molecule has 2 fully saturated rings. The molecular formula is C31H36O6. The van der Waals surface area contributed by atoms with Crippen LogP contribution in [0.15, 0.2) is 91.0 Å². The van der Waals surface area contributed by atoms with Crippen molar-refractivity contribution in [3.63, 3.8) is 0 Å². The highest BCUT2D eigenvalue weighted by atomic mass is 16.7. The number of ether oxygens (including phenoxy) is 6. The summed E-state index contributed by atoms with van der Waals surface area (Å²) >= 11 is 0. The van der Waals surface area contributed by atoms with Crippen LogP contribution in [0.25, 0.3) is 0 Å². The average molecular weight is 505 g/mol. The van der Waals surface area contributed by atoms with E-state index in [1.165, 1.54) is 0 Å². The fourth-order valence-electron chi connectivity index (χ4n) is 4.84. The summed E-state index contributed by atoms with van der Waals surface area (Å²) in [5.74, 6) is -0.737. The van der Waals surface area contributed by atoms with E-state index >= 15 is 0 Å². The Kier molecular flexibility index (Phi) is 8.66. The molecule has 2 saturated heterocycles. The molecule has 3 aromatic rings. The van der Waals surface area contributed by atoms with Crippen molar-refractivity contribution in [2.24, 2.45) is 0 Å². The number of hydrogen-bond acceptors (Lipinski definition) is 6. The van der Waals surface area contributed by atoms with Gasteiger partial charge in [-0.25, -0.2) is 0 Å². The normalized spacial score (nSPS) is 26.9. The number of hydrogen-bond donors (Lipinski definition) is 0. The first kappa shape index (κ1) is 26.0. The van der Waals surface area contributed by atoms with Crippen LogP contribution in [-0.4, -0.2) is 49.5 Å². The molecule has 6 nitrogen and oxygen atoms in total. The minimum atomic E-state index is -0.737. The smallest absolute Gasteiger partial charge is 0.163 e. The van der Waals surface area contributed by atoms with Gasteiger partial charge in [0.05, 0.1) is 33.0 Å². The zero-order valence-corrected chi connectivity index (χ0v) is 21.5. The van der Waals surface area contributed by atoms with E-state index in [2.05, 4.69) is 36.4 Å². The van der Waals surface area contributed by atoms with E-state index < -0.39 is 11.9 Å². The van der Waals surface area contributed by atoms with Gasteiger partial charge in [-0.05, 0) is 30.5 Å². The van der Waals surface area contributed by atoms with Gasteiger partial charge in [0.25, 0.3) is 0 Å². The Morgan fingerprint density at radius 2 is 1.22 bits per heavy atom. The molecule has 0 aromatic heterocycles. The van der Waals surface area contributed by atoms with E-state index in [0.29, 0.717) is 33.0 Å². The zero-order valence-electron chi connectivity index (χ0n) is 21.5. The Labute approximate surface area is 219 Å². The molecule has 2 aliphatic rings. The fraction of sp³-hybridized carbons (Fsp3) is 0.419. The molecule has 0 radical (unpaired) electrons. The molecule has 37 heavy (non-hydrogen) atoms. The van der Waals surface area contributed by atoms with Crippen molar-refractivity contribution in [2.45, 2.75) is 70.0 Å². The fourth-order valence-corrected chi connectivity index (χ4v) is 4.84. The summed E-state index contributed by atoms with van der Waals surface area (Å²) in [6.45, 7) is 6.01. The molecule has 0 aliphatic carbocycles. The first-order valence-corrected chi connectivity index (χ1v) is 13.0. The van der Waals surface area contributed by atoms with Crippen molar-refractivity contribution in [1.29, 1.82) is 0 Å². The second-order valence-corrected chi connectivity index (χ2v) is 10.0. The summed E-state index contributed by atoms with van der Waals surface area (Å²) in [6, 6.07) is 30.4. The van der Waals surface area contributed by atoms with Gasteiger partial charge in [0.15, 0.2) is 5.79 Å². The second-order valence-electron chi connectivity index (χ2n) is 10.0. The van der Waals surface area contributed by atoms with Crippen molar-refractivity contribution in [2.75, 3.05) is 13.2 Å².